The highest BCUT2D eigenvalue weighted by Crippen LogP contribution is 2.25. The first-order valence-corrected chi connectivity index (χ1v) is 7.59. The van der Waals surface area contributed by atoms with E-state index in [1.807, 2.05) is 6.26 Å². The van der Waals surface area contributed by atoms with Gasteiger partial charge in [0.05, 0.1) is 18.1 Å². The summed E-state index contributed by atoms with van der Waals surface area (Å²) in [5.74, 6) is 0.00625. The Kier molecular flexibility index (Phi) is 3.78. The number of amides is 1. The molecule has 0 unspecified atom stereocenters. The van der Waals surface area contributed by atoms with Crippen LogP contribution in [0.3, 0.4) is 0 Å². The van der Waals surface area contributed by atoms with Crippen LogP contribution in [0.25, 0.3) is 5.69 Å². The Morgan fingerprint density at radius 2 is 2.50 bits per heavy atom. The minimum Gasteiger partial charge on any atom is -0.311 e. The third kappa shape index (κ3) is 3.32. The molecule has 0 spiro atoms. The van der Waals surface area contributed by atoms with Crippen molar-refractivity contribution >= 4 is 35.0 Å². The van der Waals surface area contributed by atoms with Gasteiger partial charge in [0.1, 0.15) is 5.69 Å². The molecule has 0 fully saturated rings. The lowest BCUT2D eigenvalue weighted by molar-refractivity contribution is -0.117. The highest BCUT2D eigenvalue weighted by molar-refractivity contribution is 7.98. The summed E-state index contributed by atoms with van der Waals surface area (Å²) in [7, 11) is 0. The third-order valence-electron chi connectivity index (χ3n) is 2.57. The van der Waals surface area contributed by atoms with E-state index in [0.29, 0.717) is 11.4 Å². The van der Waals surface area contributed by atoms with Crippen LogP contribution in [-0.2, 0) is 4.79 Å². The average Bonchev–Trinajstić information content (AvgIpc) is 2.86. The molecular weight excluding hydrogens is 296 g/mol. The normalized spacial score (nSPS) is 13.4. The van der Waals surface area contributed by atoms with E-state index in [0.717, 1.165) is 4.90 Å². The molecule has 0 aliphatic heterocycles. The highest BCUT2D eigenvalue weighted by atomic mass is 35.5. The number of thioether (sulfide) groups is 1. The van der Waals surface area contributed by atoms with Crippen molar-refractivity contribution in [2.24, 2.45) is 0 Å². The van der Waals surface area contributed by atoms with Crippen LogP contribution in [0.15, 0.2) is 30.7 Å². The maximum Gasteiger partial charge on any atom is 0.227 e. The van der Waals surface area contributed by atoms with Crippen molar-refractivity contribution in [3.8, 4) is 5.69 Å². The van der Waals surface area contributed by atoms with Crippen LogP contribution in [0, 0.1) is 0 Å². The summed E-state index contributed by atoms with van der Waals surface area (Å²) in [6.45, 7) is -2.64. The number of anilines is 1. The zero-order valence-electron chi connectivity index (χ0n) is 13.8. The van der Waals surface area contributed by atoms with Gasteiger partial charge in [0.2, 0.25) is 5.91 Å². The quantitative estimate of drug-likeness (QED) is 0.851. The maximum atomic E-state index is 12.3. The predicted octanol–water partition coefficient (Wildman–Crippen LogP) is 2.64. The molecule has 106 valence electrons. The number of hydrogen-bond acceptors (Lipinski definition) is 4. The lowest BCUT2D eigenvalue weighted by Gasteiger charge is -2.14. The first-order chi connectivity index (χ1) is 10.8. The Hall–Kier alpha value is -1.53. The van der Waals surface area contributed by atoms with Gasteiger partial charge < -0.3 is 4.90 Å². The van der Waals surface area contributed by atoms with Crippen molar-refractivity contribution in [2.45, 2.75) is 6.42 Å². The molecule has 0 N–H and O–H groups in total. The van der Waals surface area contributed by atoms with Gasteiger partial charge in [-0.25, -0.2) is 4.68 Å². The van der Waals surface area contributed by atoms with Crippen LogP contribution in [-0.4, -0.2) is 39.7 Å². The van der Waals surface area contributed by atoms with Crippen molar-refractivity contribution in [1.29, 1.82) is 0 Å². The lowest BCUT2D eigenvalue weighted by atomic mass is 10.4. The van der Waals surface area contributed by atoms with Gasteiger partial charge in [0.15, 0.2) is 5.15 Å². The van der Waals surface area contributed by atoms with Gasteiger partial charge >= 0.3 is 0 Å². The standard InChI is InChI=1S/C13H15ClN4OS/c1-17(12(19)5-7-20-2)11-9-18(16-13(11)14)10-4-3-6-15-8-10/h3-4,6,8-9H,5,7H2,1-2H3/i1D3. The average molecular weight is 314 g/mol. The molecule has 7 heteroatoms. The fourth-order valence-corrected chi connectivity index (χ4v) is 2.14. The Labute approximate surface area is 131 Å². The molecule has 0 radical (unpaired) electrons. The molecule has 0 aromatic carbocycles. The molecule has 1 amide bonds. The summed E-state index contributed by atoms with van der Waals surface area (Å²) < 4.78 is 24.3. The molecule has 0 aliphatic carbocycles. The number of halogens is 1. The van der Waals surface area contributed by atoms with Crippen LogP contribution < -0.4 is 4.90 Å². The van der Waals surface area contributed by atoms with Gasteiger partial charge in [0.25, 0.3) is 0 Å². The van der Waals surface area contributed by atoms with Gasteiger partial charge in [-0.05, 0) is 18.4 Å². The fraction of sp³-hybridized carbons (Fsp3) is 0.308. The fourth-order valence-electron chi connectivity index (χ4n) is 1.55. The van der Waals surface area contributed by atoms with Gasteiger partial charge in [-0.15, -0.1) is 0 Å². The molecule has 5 nitrogen and oxygen atoms in total. The molecule has 2 aromatic rings. The molecule has 0 atom stereocenters. The summed E-state index contributed by atoms with van der Waals surface area (Å²) in [6.07, 6.45) is 6.54. The number of rotatable bonds is 5. The number of carbonyl (C=O) groups is 1. The van der Waals surface area contributed by atoms with Crippen molar-refractivity contribution in [2.75, 3.05) is 23.9 Å². The smallest absolute Gasteiger partial charge is 0.227 e. The summed E-state index contributed by atoms with van der Waals surface area (Å²) in [5, 5.41) is 4.02. The number of nitrogens with zero attached hydrogens (tertiary/aromatic N) is 4. The number of carbonyl (C=O) groups excluding carboxylic acids is 1. The molecule has 2 aromatic heterocycles. The van der Waals surface area contributed by atoms with Crippen molar-refractivity contribution in [3.05, 3.63) is 35.9 Å². The summed E-state index contributed by atoms with van der Waals surface area (Å²) in [5.41, 5.74) is 0.671. The molecule has 0 aliphatic rings. The topological polar surface area (TPSA) is 51.0 Å². The van der Waals surface area contributed by atoms with Crippen molar-refractivity contribution in [1.82, 2.24) is 14.8 Å². The molecule has 0 saturated heterocycles. The highest BCUT2D eigenvalue weighted by Gasteiger charge is 2.17. The largest absolute Gasteiger partial charge is 0.311 e. The van der Waals surface area contributed by atoms with Crippen LogP contribution in [0.4, 0.5) is 5.69 Å². The van der Waals surface area contributed by atoms with E-state index < -0.39 is 12.9 Å². The second-order valence-corrected chi connectivity index (χ2v) is 5.28. The first-order valence-electron chi connectivity index (χ1n) is 7.32. The van der Waals surface area contributed by atoms with Crippen LogP contribution in [0.1, 0.15) is 10.5 Å². The third-order valence-corrected chi connectivity index (χ3v) is 3.45. The van der Waals surface area contributed by atoms with Crippen LogP contribution in [0.5, 0.6) is 0 Å². The first kappa shape index (κ1) is 11.2. The Morgan fingerprint density at radius 1 is 1.65 bits per heavy atom. The van der Waals surface area contributed by atoms with E-state index in [1.165, 1.54) is 22.6 Å². The summed E-state index contributed by atoms with van der Waals surface area (Å²) in [6, 6.07) is 3.46. The number of aromatic nitrogens is 3. The summed E-state index contributed by atoms with van der Waals surface area (Å²) >= 11 is 7.54. The second kappa shape index (κ2) is 6.76. The second-order valence-electron chi connectivity index (χ2n) is 3.93. The van der Waals surface area contributed by atoms with E-state index in [1.54, 1.807) is 24.5 Å². The molecule has 0 saturated carbocycles. The molecule has 20 heavy (non-hydrogen) atoms. The predicted molar refractivity (Wildman–Crippen MR) is 82.8 cm³/mol. The van der Waals surface area contributed by atoms with Gasteiger partial charge in [0, 0.05) is 29.5 Å². The van der Waals surface area contributed by atoms with Crippen LogP contribution >= 0.6 is 23.4 Å². The Morgan fingerprint density at radius 3 is 3.15 bits per heavy atom. The molecule has 2 rings (SSSR count). The Bertz CT molecular complexity index is 678. The minimum atomic E-state index is -2.64. The molecule has 2 heterocycles. The van der Waals surface area contributed by atoms with E-state index >= 15 is 0 Å². The monoisotopic (exact) mass is 313 g/mol. The van der Waals surface area contributed by atoms with E-state index in [2.05, 4.69) is 10.1 Å². The zero-order chi connectivity index (χ0) is 17.0. The number of hydrogen-bond donors (Lipinski definition) is 0. The van der Waals surface area contributed by atoms with Crippen LogP contribution in [0.2, 0.25) is 5.15 Å². The Balaban J connectivity index is 2.40. The van der Waals surface area contributed by atoms with Crippen molar-refractivity contribution in [3.63, 3.8) is 0 Å². The van der Waals surface area contributed by atoms with E-state index in [-0.39, 0.29) is 17.3 Å². The molecule has 0 bridgehead atoms. The maximum absolute atomic E-state index is 12.3. The zero-order valence-corrected chi connectivity index (χ0v) is 12.4. The molecular formula is C13H15ClN4OS. The summed E-state index contributed by atoms with van der Waals surface area (Å²) in [4.78, 5) is 17.0. The lowest BCUT2D eigenvalue weighted by Crippen LogP contribution is -2.26. The van der Waals surface area contributed by atoms with E-state index in [4.69, 9.17) is 15.7 Å². The van der Waals surface area contributed by atoms with Crippen molar-refractivity contribution < 1.29 is 8.91 Å². The number of pyridine rings is 1. The van der Waals surface area contributed by atoms with Gasteiger partial charge in [-0.2, -0.15) is 16.9 Å². The van der Waals surface area contributed by atoms with Gasteiger partial charge in [-0.1, -0.05) is 11.6 Å². The SMILES string of the molecule is [2H]C([2H])([2H])N(C(=O)CCSC)c1cn(-c2cccnc2)nc1Cl. The minimum absolute atomic E-state index is 0.0533. The van der Waals surface area contributed by atoms with E-state index in [9.17, 15) is 4.79 Å². The van der Waals surface area contributed by atoms with Gasteiger partial charge in [-0.3, -0.25) is 9.78 Å².